The molecule has 0 amide bonds. The largest absolute Gasteiger partial charge is 0.465 e. The zero-order valence-corrected chi connectivity index (χ0v) is 17.1. The average molecular weight is 420 g/mol. The normalized spacial score (nSPS) is 10.8. The number of carbonyl (C=O) groups is 2. The van der Waals surface area contributed by atoms with Crippen LogP contribution < -0.4 is 10.6 Å². The smallest absolute Gasteiger partial charge is 0.325 e. The van der Waals surface area contributed by atoms with E-state index >= 15 is 0 Å². The second-order valence-electron chi connectivity index (χ2n) is 5.87. The summed E-state index contributed by atoms with van der Waals surface area (Å²) in [4.78, 5) is 23.0. The van der Waals surface area contributed by atoms with E-state index < -0.39 is 9.84 Å². The molecular weight excluding hydrogens is 396 g/mol. The third-order valence-electron chi connectivity index (χ3n) is 3.81. The Kier molecular flexibility index (Phi) is 8.02. The van der Waals surface area contributed by atoms with Gasteiger partial charge in [-0.05, 0) is 62.4 Å². The van der Waals surface area contributed by atoms with Crippen molar-refractivity contribution in [1.29, 1.82) is 0 Å². The number of hydrogen-bond donors (Lipinski definition) is 2. The van der Waals surface area contributed by atoms with Crippen LogP contribution in [0.25, 0.3) is 0 Å². The predicted octanol–water partition coefficient (Wildman–Crippen LogP) is 2.47. The summed E-state index contributed by atoms with van der Waals surface area (Å²) in [6.07, 6.45) is 0. The molecule has 0 aliphatic carbocycles. The summed E-state index contributed by atoms with van der Waals surface area (Å²) in [5.74, 6) is -0.776. The van der Waals surface area contributed by atoms with Gasteiger partial charge >= 0.3 is 11.9 Å². The Morgan fingerprint density at radius 1 is 0.724 bits per heavy atom. The number of carbonyl (C=O) groups excluding carboxylic acids is 2. The molecule has 0 radical (unpaired) electrons. The van der Waals surface area contributed by atoms with Gasteiger partial charge in [0.15, 0.2) is 0 Å². The van der Waals surface area contributed by atoms with Crippen molar-refractivity contribution in [2.75, 3.05) is 36.9 Å². The van der Waals surface area contributed by atoms with Crippen LogP contribution >= 0.6 is 0 Å². The van der Waals surface area contributed by atoms with E-state index in [1.165, 1.54) is 24.3 Å². The van der Waals surface area contributed by atoms with Crippen molar-refractivity contribution in [3.8, 4) is 0 Å². The highest BCUT2D eigenvalue weighted by atomic mass is 32.2. The minimum Gasteiger partial charge on any atom is -0.465 e. The highest BCUT2D eigenvalue weighted by Crippen LogP contribution is 2.23. The van der Waals surface area contributed by atoms with Gasteiger partial charge in [0.1, 0.15) is 13.1 Å². The number of anilines is 2. The number of sulfone groups is 1. The molecule has 0 aliphatic heterocycles. The van der Waals surface area contributed by atoms with Gasteiger partial charge in [-0.1, -0.05) is 0 Å². The molecule has 2 rings (SSSR count). The molecule has 2 aromatic carbocycles. The molecular formula is C20H24N2O6S. The quantitative estimate of drug-likeness (QED) is 0.564. The Hall–Kier alpha value is -3.07. The van der Waals surface area contributed by atoms with E-state index in [4.69, 9.17) is 9.47 Å². The van der Waals surface area contributed by atoms with Crippen molar-refractivity contribution in [3.63, 3.8) is 0 Å². The summed E-state index contributed by atoms with van der Waals surface area (Å²) in [6.45, 7) is 4.05. The predicted molar refractivity (Wildman–Crippen MR) is 109 cm³/mol. The molecule has 0 saturated carbocycles. The minimum absolute atomic E-state index is 0.000196. The minimum atomic E-state index is -3.69. The SMILES string of the molecule is CCOC(=O)CNc1ccc(S(=O)(=O)c2ccc(NCC(=O)OCC)cc2)cc1. The lowest BCUT2D eigenvalue weighted by Crippen LogP contribution is -2.16. The summed E-state index contributed by atoms with van der Waals surface area (Å²) >= 11 is 0. The molecule has 0 aromatic heterocycles. The molecule has 2 N–H and O–H groups in total. The molecule has 0 bridgehead atoms. The summed E-state index contributed by atoms with van der Waals surface area (Å²) in [7, 11) is -3.69. The highest BCUT2D eigenvalue weighted by molar-refractivity contribution is 7.91. The van der Waals surface area contributed by atoms with Gasteiger partial charge < -0.3 is 20.1 Å². The second kappa shape index (κ2) is 10.5. The molecule has 8 nitrogen and oxygen atoms in total. The Bertz CT molecular complexity index is 853. The average Bonchev–Trinajstić information content (AvgIpc) is 2.72. The van der Waals surface area contributed by atoms with E-state index in [1.54, 1.807) is 38.1 Å². The van der Waals surface area contributed by atoms with Gasteiger partial charge in [-0.3, -0.25) is 9.59 Å². The second-order valence-corrected chi connectivity index (χ2v) is 7.82. The van der Waals surface area contributed by atoms with Crippen LogP contribution in [-0.4, -0.2) is 46.7 Å². The Labute approximate surface area is 170 Å². The molecule has 0 heterocycles. The van der Waals surface area contributed by atoms with E-state index in [9.17, 15) is 18.0 Å². The number of ether oxygens (including phenoxy) is 2. The lowest BCUT2D eigenvalue weighted by Gasteiger charge is -2.09. The molecule has 9 heteroatoms. The van der Waals surface area contributed by atoms with Crippen LogP contribution in [0.1, 0.15) is 13.8 Å². The van der Waals surface area contributed by atoms with Crippen LogP contribution in [0.2, 0.25) is 0 Å². The zero-order chi connectivity index (χ0) is 21.3. The van der Waals surface area contributed by atoms with E-state index in [-0.39, 0.29) is 34.8 Å². The lowest BCUT2D eigenvalue weighted by atomic mass is 10.3. The number of esters is 2. The molecule has 0 fully saturated rings. The summed E-state index contributed by atoms with van der Waals surface area (Å²) in [6, 6.07) is 12.2. The summed E-state index contributed by atoms with van der Waals surface area (Å²) in [5, 5.41) is 5.74. The first-order chi connectivity index (χ1) is 13.9. The highest BCUT2D eigenvalue weighted by Gasteiger charge is 2.17. The fraction of sp³-hybridized carbons (Fsp3) is 0.300. The van der Waals surface area contributed by atoms with E-state index in [1.807, 2.05) is 0 Å². The number of nitrogens with one attached hydrogen (secondary N) is 2. The molecule has 0 aliphatic rings. The van der Waals surface area contributed by atoms with Crippen molar-refractivity contribution in [1.82, 2.24) is 0 Å². The number of hydrogen-bond acceptors (Lipinski definition) is 8. The van der Waals surface area contributed by atoms with Crippen molar-refractivity contribution in [2.24, 2.45) is 0 Å². The van der Waals surface area contributed by atoms with Gasteiger partial charge in [0.05, 0.1) is 23.0 Å². The third-order valence-corrected chi connectivity index (χ3v) is 5.60. The lowest BCUT2D eigenvalue weighted by molar-refractivity contribution is -0.141. The Balaban J connectivity index is 2.02. The number of benzene rings is 2. The maximum absolute atomic E-state index is 12.8. The Morgan fingerprint density at radius 3 is 1.38 bits per heavy atom. The van der Waals surface area contributed by atoms with E-state index in [2.05, 4.69) is 10.6 Å². The third kappa shape index (κ3) is 6.49. The van der Waals surface area contributed by atoms with Crippen LogP contribution in [0.4, 0.5) is 11.4 Å². The van der Waals surface area contributed by atoms with Gasteiger partial charge in [0.2, 0.25) is 9.84 Å². The number of rotatable bonds is 10. The fourth-order valence-corrected chi connectivity index (χ4v) is 3.67. The molecule has 156 valence electrons. The Morgan fingerprint density at radius 2 is 1.07 bits per heavy atom. The molecule has 2 aromatic rings. The van der Waals surface area contributed by atoms with Crippen molar-refractivity contribution in [2.45, 2.75) is 23.6 Å². The van der Waals surface area contributed by atoms with Crippen LogP contribution in [0.5, 0.6) is 0 Å². The van der Waals surface area contributed by atoms with Crippen molar-refractivity contribution >= 4 is 33.2 Å². The van der Waals surface area contributed by atoms with E-state index in [0.29, 0.717) is 24.6 Å². The fourth-order valence-electron chi connectivity index (χ4n) is 2.41. The van der Waals surface area contributed by atoms with Crippen molar-refractivity contribution in [3.05, 3.63) is 48.5 Å². The molecule has 0 unspecified atom stereocenters. The van der Waals surface area contributed by atoms with Gasteiger partial charge in [0, 0.05) is 11.4 Å². The summed E-state index contributed by atoms with van der Waals surface area (Å²) < 4.78 is 35.2. The molecule has 0 spiro atoms. The molecule has 0 saturated heterocycles. The van der Waals surface area contributed by atoms with Crippen molar-refractivity contribution < 1.29 is 27.5 Å². The van der Waals surface area contributed by atoms with Crippen LogP contribution in [0.15, 0.2) is 58.3 Å². The monoisotopic (exact) mass is 420 g/mol. The van der Waals surface area contributed by atoms with E-state index in [0.717, 1.165) is 0 Å². The first-order valence-corrected chi connectivity index (χ1v) is 10.6. The summed E-state index contributed by atoms with van der Waals surface area (Å²) in [5.41, 5.74) is 1.21. The standard InChI is InChI=1S/C20H24N2O6S/c1-3-27-19(23)13-21-15-5-9-17(10-6-15)29(25,26)18-11-7-16(8-12-18)22-14-20(24)28-4-2/h5-12,21-22H,3-4,13-14H2,1-2H3. The first-order valence-electron chi connectivity index (χ1n) is 9.11. The first kappa shape index (κ1) is 22.2. The van der Waals surface area contributed by atoms with Gasteiger partial charge in [-0.15, -0.1) is 0 Å². The zero-order valence-electron chi connectivity index (χ0n) is 16.3. The topological polar surface area (TPSA) is 111 Å². The maximum atomic E-state index is 12.8. The maximum Gasteiger partial charge on any atom is 0.325 e. The van der Waals surface area contributed by atoms with Crippen LogP contribution in [0, 0.1) is 0 Å². The molecule has 29 heavy (non-hydrogen) atoms. The van der Waals surface area contributed by atoms with Gasteiger partial charge in [-0.2, -0.15) is 0 Å². The van der Waals surface area contributed by atoms with Crippen LogP contribution in [-0.2, 0) is 28.9 Å². The van der Waals surface area contributed by atoms with Gasteiger partial charge in [0.25, 0.3) is 0 Å². The van der Waals surface area contributed by atoms with Gasteiger partial charge in [-0.25, -0.2) is 8.42 Å². The molecule has 0 atom stereocenters. The van der Waals surface area contributed by atoms with Crippen LogP contribution in [0.3, 0.4) is 0 Å².